The molecule has 5 heteroatoms. The van der Waals surface area contributed by atoms with Gasteiger partial charge in [-0.05, 0) is 24.6 Å². The van der Waals surface area contributed by atoms with Gasteiger partial charge >= 0.3 is 0 Å². The first-order valence-electron chi connectivity index (χ1n) is 5.99. The Bertz CT molecular complexity index is 396. The van der Waals surface area contributed by atoms with Crippen LogP contribution >= 0.6 is 11.6 Å². The number of amides is 1. The standard InChI is InChI=1S/C13H18ClNO3/c1-2-3-7-18-8-6-15-13(17)11-9-10(16)4-5-12(11)14/h4-5,9,16H,2-3,6-8H2,1H3,(H,15,17). The molecule has 0 radical (unpaired) electrons. The quantitative estimate of drug-likeness (QED) is 0.750. The van der Waals surface area contributed by atoms with E-state index in [1.54, 1.807) is 0 Å². The van der Waals surface area contributed by atoms with Gasteiger partial charge in [-0.15, -0.1) is 0 Å². The van der Waals surface area contributed by atoms with Crippen molar-refractivity contribution in [3.05, 3.63) is 28.8 Å². The molecule has 0 atom stereocenters. The zero-order valence-corrected chi connectivity index (χ0v) is 11.2. The van der Waals surface area contributed by atoms with Crippen molar-refractivity contribution in [3.8, 4) is 5.75 Å². The van der Waals surface area contributed by atoms with Gasteiger partial charge in [0.2, 0.25) is 0 Å². The molecule has 0 heterocycles. The van der Waals surface area contributed by atoms with Crippen LogP contribution in [0, 0.1) is 0 Å². The fraction of sp³-hybridized carbons (Fsp3) is 0.462. The first kappa shape index (κ1) is 14.8. The molecule has 1 aromatic rings. The Morgan fingerprint density at radius 3 is 2.94 bits per heavy atom. The molecule has 0 aliphatic carbocycles. The SMILES string of the molecule is CCCCOCCNC(=O)c1cc(O)ccc1Cl. The summed E-state index contributed by atoms with van der Waals surface area (Å²) in [6.07, 6.45) is 2.11. The lowest BCUT2D eigenvalue weighted by atomic mass is 10.2. The van der Waals surface area contributed by atoms with Crippen molar-refractivity contribution < 1.29 is 14.6 Å². The Morgan fingerprint density at radius 1 is 1.44 bits per heavy atom. The summed E-state index contributed by atoms with van der Waals surface area (Å²) in [5, 5.41) is 12.3. The van der Waals surface area contributed by atoms with E-state index >= 15 is 0 Å². The number of carbonyl (C=O) groups is 1. The van der Waals surface area contributed by atoms with E-state index in [2.05, 4.69) is 12.2 Å². The van der Waals surface area contributed by atoms with Gasteiger partial charge in [-0.1, -0.05) is 24.9 Å². The van der Waals surface area contributed by atoms with Gasteiger partial charge in [0.1, 0.15) is 5.75 Å². The number of aromatic hydroxyl groups is 1. The van der Waals surface area contributed by atoms with Crippen molar-refractivity contribution in [1.29, 1.82) is 0 Å². The van der Waals surface area contributed by atoms with E-state index in [1.807, 2.05) is 0 Å². The Balaban J connectivity index is 2.34. The van der Waals surface area contributed by atoms with Crippen LogP contribution < -0.4 is 5.32 Å². The first-order chi connectivity index (χ1) is 8.65. The molecular weight excluding hydrogens is 254 g/mol. The van der Waals surface area contributed by atoms with Gasteiger partial charge < -0.3 is 15.2 Å². The highest BCUT2D eigenvalue weighted by Crippen LogP contribution is 2.20. The Labute approximate surface area is 112 Å². The number of carbonyl (C=O) groups excluding carboxylic acids is 1. The second-order valence-electron chi connectivity index (χ2n) is 3.89. The van der Waals surface area contributed by atoms with Gasteiger partial charge in [0.05, 0.1) is 17.2 Å². The number of hydrogen-bond donors (Lipinski definition) is 2. The third-order valence-corrected chi connectivity index (χ3v) is 2.70. The highest BCUT2D eigenvalue weighted by atomic mass is 35.5. The van der Waals surface area contributed by atoms with E-state index in [4.69, 9.17) is 16.3 Å². The van der Waals surface area contributed by atoms with Gasteiger partial charge in [-0.2, -0.15) is 0 Å². The number of unbranched alkanes of at least 4 members (excludes halogenated alkanes) is 1. The summed E-state index contributed by atoms with van der Waals surface area (Å²) >= 11 is 5.87. The molecule has 0 saturated heterocycles. The monoisotopic (exact) mass is 271 g/mol. The smallest absolute Gasteiger partial charge is 0.253 e. The fourth-order valence-corrected chi connectivity index (χ4v) is 1.57. The van der Waals surface area contributed by atoms with E-state index in [9.17, 15) is 9.90 Å². The predicted octanol–water partition coefficient (Wildman–Crippen LogP) is 2.59. The summed E-state index contributed by atoms with van der Waals surface area (Å²) in [5.41, 5.74) is 0.269. The lowest BCUT2D eigenvalue weighted by molar-refractivity contribution is 0.0912. The van der Waals surface area contributed by atoms with E-state index in [1.165, 1.54) is 18.2 Å². The minimum atomic E-state index is -0.310. The summed E-state index contributed by atoms with van der Waals surface area (Å²) in [4.78, 5) is 11.7. The molecule has 1 amide bonds. The third-order valence-electron chi connectivity index (χ3n) is 2.37. The van der Waals surface area contributed by atoms with Gasteiger partial charge in [-0.25, -0.2) is 0 Å². The normalized spacial score (nSPS) is 10.3. The molecule has 0 unspecified atom stereocenters. The Morgan fingerprint density at radius 2 is 2.22 bits per heavy atom. The van der Waals surface area contributed by atoms with Crippen LogP contribution in [-0.2, 0) is 4.74 Å². The summed E-state index contributed by atoms with van der Waals surface area (Å²) in [5.74, 6) is -0.293. The number of rotatable bonds is 7. The van der Waals surface area contributed by atoms with Crippen LogP contribution in [-0.4, -0.2) is 30.8 Å². The van der Waals surface area contributed by atoms with E-state index in [0.29, 0.717) is 24.8 Å². The summed E-state index contributed by atoms with van der Waals surface area (Å²) in [6.45, 7) is 3.70. The average Bonchev–Trinajstić information content (AvgIpc) is 2.36. The topological polar surface area (TPSA) is 58.6 Å². The maximum atomic E-state index is 11.7. The summed E-state index contributed by atoms with van der Waals surface area (Å²) in [7, 11) is 0. The lowest BCUT2D eigenvalue weighted by Crippen LogP contribution is -2.27. The van der Waals surface area contributed by atoms with Crippen molar-refractivity contribution in [2.24, 2.45) is 0 Å². The number of halogens is 1. The molecule has 18 heavy (non-hydrogen) atoms. The second kappa shape index (κ2) is 7.95. The van der Waals surface area contributed by atoms with Crippen molar-refractivity contribution in [1.82, 2.24) is 5.32 Å². The molecule has 0 bridgehead atoms. The minimum Gasteiger partial charge on any atom is -0.508 e. The minimum absolute atomic E-state index is 0.0174. The van der Waals surface area contributed by atoms with Crippen LogP contribution in [0.15, 0.2) is 18.2 Å². The third kappa shape index (κ3) is 4.94. The molecule has 4 nitrogen and oxygen atoms in total. The van der Waals surface area contributed by atoms with Crippen LogP contribution in [0.25, 0.3) is 0 Å². The van der Waals surface area contributed by atoms with Crippen molar-refractivity contribution >= 4 is 17.5 Å². The van der Waals surface area contributed by atoms with E-state index < -0.39 is 0 Å². The second-order valence-corrected chi connectivity index (χ2v) is 4.29. The largest absolute Gasteiger partial charge is 0.508 e. The molecule has 0 saturated carbocycles. The maximum Gasteiger partial charge on any atom is 0.253 e. The average molecular weight is 272 g/mol. The molecule has 2 N–H and O–H groups in total. The Kier molecular flexibility index (Phi) is 6.54. The highest BCUT2D eigenvalue weighted by molar-refractivity contribution is 6.33. The lowest BCUT2D eigenvalue weighted by Gasteiger charge is -2.07. The summed E-state index contributed by atoms with van der Waals surface area (Å²) in [6, 6.07) is 4.27. The molecule has 0 fully saturated rings. The van der Waals surface area contributed by atoms with Gasteiger partial charge in [-0.3, -0.25) is 4.79 Å². The van der Waals surface area contributed by atoms with Crippen molar-refractivity contribution in [3.63, 3.8) is 0 Å². The molecule has 0 spiro atoms. The van der Waals surface area contributed by atoms with Crippen LogP contribution in [0.4, 0.5) is 0 Å². The maximum absolute atomic E-state index is 11.7. The van der Waals surface area contributed by atoms with E-state index in [-0.39, 0.29) is 17.2 Å². The molecule has 0 aliphatic rings. The number of ether oxygens (including phenoxy) is 1. The molecule has 1 aromatic carbocycles. The Hall–Kier alpha value is -1.26. The van der Waals surface area contributed by atoms with Gasteiger partial charge in [0.15, 0.2) is 0 Å². The predicted molar refractivity (Wildman–Crippen MR) is 71.2 cm³/mol. The number of nitrogens with one attached hydrogen (secondary N) is 1. The molecule has 100 valence electrons. The van der Waals surface area contributed by atoms with Crippen LogP contribution in [0.1, 0.15) is 30.1 Å². The van der Waals surface area contributed by atoms with Crippen molar-refractivity contribution in [2.75, 3.05) is 19.8 Å². The molecule has 0 aliphatic heterocycles. The zero-order valence-electron chi connectivity index (χ0n) is 10.4. The van der Waals surface area contributed by atoms with Gasteiger partial charge in [0, 0.05) is 13.2 Å². The molecule has 0 aromatic heterocycles. The summed E-state index contributed by atoms with van der Waals surface area (Å²) < 4.78 is 5.32. The zero-order chi connectivity index (χ0) is 13.4. The van der Waals surface area contributed by atoms with Crippen LogP contribution in [0.3, 0.4) is 0 Å². The number of phenols is 1. The van der Waals surface area contributed by atoms with Crippen LogP contribution in [0.5, 0.6) is 5.75 Å². The fourth-order valence-electron chi connectivity index (χ4n) is 1.37. The molecule has 1 rings (SSSR count). The first-order valence-corrected chi connectivity index (χ1v) is 6.37. The highest BCUT2D eigenvalue weighted by Gasteiger charge is 2.10. The van der Waals surface area contributed by atoms with Crippen LogP contribution in [0.2, 0.25) is 5.02 Å². The number of hydrogen-bond acceptors (Lipinski definition) is 3. The number of phenolic OH excluding ortho intramolecular Hbond substituents is 1. The number of benzene rings is 1. The molecular formula is C13H18ClNO3. The van der Waals surface area contributed by atoms with Gasteiger partial charge in [0.25, 0.3) is 5.91 Å². The van der Waals surface area contributed by atoms with E-state index in [0.717, 1.165) is 12.8 Å². The van der Waals surface area contributed by atoms with Crippen molar-refractivity contribution in [2.45, 2.75) is 19.8 Å².